The molecule has 3 rings (SSSR count). The van der Waals surface area contributed by atoms with E-state index in [1.807, 2.05) is 0 Å². The van der Waals surface area contributed by atoms with Crippen molar-refractivity contribution in [2.24, 2.45) is 0 Å². The minimum Gasteiger partial charge on any atom is -0.497 e. The van der Waals surface area contributed by atoms with E-state index in [2.05, 4.69) is 5.32 Å². The average Bonchev–Trinajstić information content (AvgIpc) is 2.67. The smallest absolute Gasteiger partial charge is 0.339 e. The van der Waals surface area contributed by atoms with Gasteiger partial charge in [0, 0.05) is 11.8 Å². The van der Waals surface area contributed by atoms with Crippen LogP contribution in [0, 0.1) is 0 Å². The van der Waals surface area contributed by atoms with Crippen LogP contribution in [0.2, 0.25) is 0 Å². The molecule has 2 aromatic carbocycles. The van der Waals surface area contributed by atoms with Crippen molar-refractivity contribution in [1.82, 2.24) is 0 Å². The number of amides is 1. The highest BCUT2D eigenvalue weighted by atomic mass is 16.6. The number of rotatable bonds is 5. The van der Waals surface area contributed by atoms with Gasteiger partial charge in [-0.05, 0) is 37.3 Å². The first-order valence-electron chi connectivity index (χ1n) is 8.12. The molecule has 0 fully saturated rings. The summed E-state index contributed by atoms with van der Waals surface area (Å²) in [5, 5.41) is 2.68. The van der Waals surface area contributed by atoms with Crippen LogP contribution >= 0.6 is 0 Å². The Balaban J connectivity index is 1.62. The fourth-order valence-electron chi connectivity index (χ4n) is 2.40. The van der Waals surface area contributed by atoms with Crippen LogP contribution in [0.3, 0.4) is 0 Å². The molecule has 1 aliphatic rings. The van der Waals surface area contributed by atoms with Crippen molar-refractivity contribution < 1.29 is 28.5 Å². The standard InChI is InChI=1S/C19H19NO6/c1-12(18(21)20-14-4-3-5-15(11-14)23-2)26-19(22)13-6-7-16-17(10-13)25-9-8-24-16/h3-7,10-12H,8-9H2,1-2H3,(H,20,21)/t12-/m0/s1. The molecule has 0 radical (unpaired) electrons. The van der Waals surface area contributed by atoms with Crippen LogP contribution < -0.4 is 19.5 Å². The molecule has 0 bridgehead atoms. The van der Waals surface area contributed by atoms with Crippen LogP contribution in [0.25, 0.3) is 0 Å². The van der Waals surface area contributed by atoms with E-state index < -0.39 is 18.0 Å². The number of ether oxygens (including phenoxy) is 4. The van der Waals surface area contributed by atoms with Gasteiger partial charge in [0.25, 0.3) is 5.91 Å². The first-order chi connectivity index (χ1) is 12.6. The molecule has 0 saturated heterocycles. The lowest BCUT2D eigenvalue weighted by molar-refractivity contribution is -0.123. The van der Waals surface area contributed by atoms with Gasteiger partial charge in [-0.3, -0.25) is 4.79 Å². The van der Waals surface area contributed by atoms with Gasteiger partial charge in [0.2, 0.25) is 0 Å². The van der Waals surface area contributed by atoms with Crippen molar-refractivity contribution in [3.8, 4) is 17.2 Å². The third-order valence-corrected chi connectivity index (χ3v) is 3.77. The molecule has 0 aromatic heterocycles. The van der Waals surface area contributed by atoms with Crippen molar-refractivity contribution >= 4 is 17.6 Å². The SMILES string of the molecule is COc1cccc(NC(=O)[C@H](C)OC(=O)c2ccc3c(c2)OCCO3)c1. The number of hydrogen-bond donors (Lipinski definition) is 1. The summed E-state index contributed by atoms with van der Waals surface area (Å²) in [4.78, 5) is 24.5. The summed E-state index contributed by atoms with van der Waals surface area (Å²) in [6, 6.07) is 11.7. The van der Waals surface area contributed by atoms with E-state index in [0.29, 0.717) is 36.1 Å². The zero-order valence-electron chi connectivity index (χ0n) is 14.5. The highest BCUT2D eigenvalue weighted by molar-refractivity contribution is 5.97. The second-order valence-corrected chi connectivity index (χ2v) is 5.63. The van der Waals surface area contributed by atoms with Gasteiger partial charge < -0.3 is 24.3 Å². The molecule has 0 aliphatic carbocycles. The third-order valence-electron chi connectivity index (χ3n) is 3.77. The number of hydrogen-bond acceptors (Lipinski definition) is 6. The predicted molar refractivity (Wildman–Crippen MR) is 93.9 cm³/mol. The van der Waals surface area contributed by atoms with Crippen LogP contribution in [0.1, 0.15) is 17.3 Å². The van der Waals surface area contributed by atoms with Crippen LogP contribution in [0.4, 0.5) is 5.69 Å². The van der Waals surface area contributed by atoms with Crippen LogP contribution in [0.5, 0.6) is 17.2 Å². The van der Waals surface area contributed by atoms with E-state index in [1.54, 1.807) is 49.6 Å². The maximum absolute atomic E-state index is 12.3. The summed E-state index contributed by atoms with van der Waals surface area (Å²) in [6.07, 6.45) is -0.970. The first-order valence-corrected chi connectivity index (χ1v) is 8.12. The van der Waals surface area contributed by atoms with Crippen molar-refractivity contribution in [3.05, 3.63) is 48.0 Å². The zero-order chi connectivity index (χ0) is 18.5. The van der Waals surface area contributed by atoms with Gasteiger partial charge >= 0.3 is 5.97 Å². The van der Waals surface area contributed by atoms with Crippen molar-refractivity contribution in [2.45, 2.75) is 13.0 Å². The van der Waals surface area contributed by atoms with Crippen LogP contribution in [-0.4, -0.2) is 38.3 Å². The van der Waals surface area contributed by atoms with Gasteiger partial charge in [-0.15, -0.1) is 0 Å². The number of nitrogens with one attached hydrogen (secondary N) is 1. The van der Waals surface area contributed by atoms with E-state index in [1.165, 1.54) is 6.92 Å². The van der Waals surface area contributed by atoms with Crippen LogP contribution in [-0.2, 0) is 9.53 Å². The lowest BCUT2D eigenvalue weighted by atomic mass is 10.2. The van der Waals surface area contributed by atoms with Gasteiger partial charge in [0.15, 0.2) is 17.6 Å². The second kappa shape index (κ2) is 7.77. The Morgan fingerprint density at radius 2 is 1.85 bits per heavy atom. The molecule has 0 spiro atoms. The Hall–Kier alpha value is -3.22. The quantitative estimate of drug-likeness (QED) is 0.829. The molecule has 0 saturated carbocycles. The summed E-state index contributed by atoms with van der Waals surface area (Å²) < 4.78 is 21.2. The van der Waals surface area contributed by atoms with E-state index in [0.717, 1.165) is 0 Å². The van der Waals surface area contributed by atoms with Crippen molar-refractivity contribution in [1.29, 1.82) is 0 Å². The van der Waals surface area contributed by atoms with E-state index in [-0.39, 0.29) is 5.56 Å². The van der Waals surface area contributed by atoms with Crippen molar-refractivity contribution in [2.75, 3.05) is 25.6 Å². The van der Waals surface area contributed by atoms with Crippen LogP contribution in [0.15, 0.2) is 42.5 Å². The molecule has 0 unspecified atom stereocenters. The lowest BCUT2D eigenvalue weighted by Gasteiger charge is -2.19. The fraction of sp³-hybridized carbons (Fsp3) is 0.263. The Morgan fingerprint density at radius 3 is 2.62 bits per heavy atom. The van der Waals surface area contributed by atoms with Crippen molar-refractivity contribution in [3.63, 3.8) is 0 Å². The molecule has 1 aliphatic heterocycles. The highest BCUT2D eigenvalue weighted by Gasteiger charge is 2.21. The first kappa shape index (κ1) is 17.6. The molecule has 1 atom stereocenters. The lowest BCUT2D eigenvalue weighted by Crippen LogP contribution is -2.30. The summed E-state index contributed by atoms with van der Waals surface area (Å²) in [5.74, 6) is 0.624. The zero-order valence-corrected chi connectivity index (χ0v) is 14.5. The number of methoxy groups -OCH3 is 1. The predicted octanol–water partition coefficient (Wildman–Crippen LogP) is 2.65. The van der Waals surface area contributed by atoms with Gasteiger partial charge in [0.05, 0.1) is 12.7 Å². The molecule has 136 valence electrons. The molecule has 7 nitrogen and oxygen atoms in total. The molecular weight excluding hydrogens is 338 g/mol. The Kier molecular flexibility index (Phi) is 5.26. The molecule has 2 aromatic rings. The minimum atomic E-state index is -0.970. The fourth-order valence-corrected chi connectivity index (χ4v) is 2.40. The topological polar surface area (TPSA) is 83.1 Å². The molecule has 7 heteroatoms. The highest BCUT2D eigenvalue weighted by Crippen LogP contribution is 2.31. The maximum Gasteiger partial charge on any atom is 0.339 e. The van der Waals surface area contributed by atoms with E-state index >= 15 is 0 Å². The molecular formula is C19H19NO6. The normalized spacial score (nSPS) is 13.5. The number of carbonyl (C=O) groups is 2. The van der Waals surface area contributed by atoms with E-state index in [9.17, 15) is 9.59 Å². The number of carbonyl (C=O) groups excluding carboxylic acids is 2. The Labute approximate surface area is 150 Å². The summed E-state index contributed by atoms with van der Waals surface area (Å²) >= 11 is 0. The largest absolute Gasteiger partial charge is 0.497 e. The molecule has 1 heterocycles. The summed E-state index contributed by atoms with van der Waals surface area (Å²) in [5.41, 5.74) is 0.840. The summed E-state index contributed by atoms with van der Waals surface area (Å²) in [6.45, 7) is 2.40. The minimum absolute atomic E-state index is 0.287. The second-order valence-electron chi connectivity index (χ2n) is 5.63. The summed E-state index contributed by atoms with van der Waals surface area (Å²) in [7, 11) is 1.54. The average molecular weight is 357 g/mol. The third kappa shape index (κ3) is 4.05. The number of fused-ring (bicyclic) bond motifs is 1. The monoisotopic (exact) mass is 357 g/mol. The molecule has 1 amide bonds. The number of esters is 1. The Morgan fingerprint density at radius 1 is 1.08 bits per heavy atom. The number of benzene rings is 2. The van der Waals surface area contributed by atoms with Gasteiger partial charge in [0.1, 0.15) is 19.0 Å². The molecule has 1 N–H and O–H groups in total. The van der Waals surface area contributed by atoms with Gasteiger partial charge in [-0.2, -0.15) is 0 Å². The van der Waals surface area contributed by atoms with Gasteiger partial charge in [-0.25, -0.2) is 4.79 Å². The Bertz CT molecular complexity index is 819. The van der Waals surface area contributed by atoms with Gasteiger partial charge in [-0.1, -0.05) is 6.07 Å². The number of anilines is 1. The maximum atomic E-state index is 12.3. The van der Waals surface area contributed by atoms with E-state index in [4.69, 9.17) is 18.9 Å². The molecule has 26 heavy (non-hydrogen) atoms.